The zero-order valence-electron chi connectivity index (χ0n) is 43.6. The number of nitrogens with zero attached hydrogens (tertiary/aromatic N) is 1. The van der Waals surface area contributed by atoms with E-state index >= 15 is 0 Å². The third kappa shape index (κ3) is 34.7. The summed E-state index contributed by atoms with van der Waals surface area (Å²) in [4.78, 5) is 2.81. The van der Waals surface area contributed by atoms with Crippen LogP contribution in [0.2, 0.25) is 0 Å². The Balaban J connectivity index is 5.18. The maximum atomic E-state index is 9.83. The van der Waals surface area contributed by atoms with E-state index in [0.717, 1.165) is 155 Å². The second-order valence-electron chi connectivity index (χ2n) is 22.4. The number of halogens is 3. The summed E-state index contributed by atoms with van der Waals surface area (Å²) in [5.74, 6) is 0.778. The minimum absolute atomic E-state index is 0.0369. The number of β-amino-alcohol motifs (C(OH)–C–C–N with tert-alkyl or cyclic N) is 1. The maximum Gasteiger partial charge on any atom is 0.0799 e. The average Bonchev–Trinajstić information content (AvgIpc) is 3.21. The summed E-state index contributed by atoms with van der Waals surface area (Å²) in [7, 11) is 0. The molecule has 0 aliphatic rings. The van der Waals surface area contributed by atoms with Crippen molar-refractivity contribution in [2.45, 2.75) is 250 Å². The van der Waals surface area contributed by atoms with Gasteiger partial charge in [-0.1, -0.05) is 0 Å². The predicted octanol–water partition coefficient (Wildman–Crippen LogP) is 10.6. The van der Waals surface area contributed by atoms with Gasteiger partial charge in [0, 0.05) is 73.7 Å². The number of aliphatic hydroxyl groups excluding tert-OH is 3. The van der Waals surface area contributed by atoms with Crippen LogP contribution in [0.5, 0.6) is 0 Å². The molecule has 0 amide bonds. The number of nitrogens with one attached hydrogen (secondary N) is 3. The standard InChI is InChI=1S/C51H105Cl3N4O6/c1-46(2,57-42-45(61)39-54)25-16-22-34-62-51(11,12)30-15-21-33-58(47(3,4)26-17-23-35-63-49(7,8)28-13-19-31-55-40-43(59)37-52)48(5,6)27-18-24-36-64-50(9,10)29-14-20-32-56-41-44(60)38-53/h43-45,55-57,59-61H,13-42H2,1-12H3. The van der Waals surface area contributed by atoms with Crippen LogP contribution in [-0.2, 0) is 14.2 Å². The molecule has 6 N–H and O–H groups in total. The van der Waals surface area contributed by atoms with Crippen LogP contribution in [0.25, 0.3) is 0 Å². The van der Waals surface area contributed by atoms with E-state index in [-0.39, 0.29) is 51.1 Å². The highest BCUT2D eigenvalue weighted by Gasteiger charge is 2.37. The van der Waals surface area contributed by atoms with E-state index in [4.69, 9.17) is 49.0 Å². The van der Waals surface area contributed by atoms with Crippen molar-refractivity contribution in [3.63, 3.8) is 0 Å². The first kappa shape index (κ1) is 64.5. The lowest BCUT2D eigenvalue weighted by Crippen LogP contribution is -2.56. The zero-order chi connectivity index (χ0) is 48.8. The van der Waals surface area contributed by atoms with Crippen molar-refractivity contribution in [3.8, 4) is 0 Å². The topological polar surface area (TPSA) is 128 Å². The van der Waals surface area contributed by atoms with Gasteiger partial charge in [0.15, 0.2) is 0 Å². The first-order valence-electron chi connectivity index (χ1n) is 25.4. The molecular weight excluding hydrogens is 871 g/mol. The van der Waals surface area contributed by atoms with Crippen molar-refractivity contribution in [1.29, 1.82) is 0 Å². The fourth-order valence-electron chi connectivity index (χ4n) is 8.55. The summed E-state index contributed by atoms with van der Waals surface area (Å²) in [6.07, 6.45) is 17.8. The second-order valence-corrected chi connectivity index (χ2v) is 23.4. The molecule has 0 aromatic carbocycles. The normalized spacial score (nSPS) is 15.0. The van der Waals surface area contributed by atoms with Gasteiger partial charge in [0.2, 0.25) is 0 Å². The van der Waals surface area contributed by atoms with E-state index in [0.29, 0.717) is 19.6 Å². The van der Waals surface area contributed by atoms with Crippen molar-refractivity contribution in [2.24, 2.45) is 0 Å². The Hall–Kier alpha value is 0.470. The number of alkyl halides is 3. The molecule has 0 fully saturated rings. The molecule has 64 heavy (non-hydrogen) atoms. The Morgan fingerprint density at radius 1 is 0.422 bits per heavy atom. The predicted molar refractivity (Wildman–Crippen MR) is 276 cm³/mol. The smallest absolute Gasteiger partial charge is 0.0799 e. The van der Waals surface area contributed by atoms with Crippen LogP contribution in [0, 0.1) is 0 Å². The van der Waals surface area contributed by atoms with E-state index in [1.165, 1.54) is 0 Å². The maximum absolute atomic E-state index is 9.83. The molecule has 386 valence electrons. The van der Waals surface area contributed by atoms with Crippen LogP contribution in [-0.4, -0.2) is 149 Å². The van der Waals surface area contributed by atoms with Crippen molar-refractivity contribution in [2.75, 3.05) is 76.7 Å². The van der Waals surface area contributed by atoms with Crippen LogP contribution in [0.4, 0.5) is 0 Å². The molecule has 0 bridgehead atoms. The molecule has 0 aliphatic heterocycles. The lowest BCUT2D eigenvalue weighted by molar-refractivity contribution is -0.0351. The fraction of sp³-hybridized carbons (Fsp3) is 1.00. The highest BCUT2D eigenvalue weighted by atomic mass is 35.5. The Labute approximate surface area is 410 Å². The first-order chi connectivity index (χ1) is 29.8. The largest absolute Gasteiger partial charge is 0.391 e. The van der Waals surface area contributed by atoms with E-state index in [1.807, 2.05) is 0 Å². The lowest BCUT2D eigenvalue weighted by atomic mass is 9.85. The van der Waals surface area contributed by atoms with Crippen LogP contribution < -0.4 is 16.0 Å². The van der Waals surface area contributed by atoms with Crippen molar-refractivity contribution in [3.05, 3.63) is 0 Å². The molecule has 0 rings (SSSR count). The molecule has 0 spiro atoms. The summed E-state index contributed by atoms with van der Waals surface area (Å²) in [5.41, 5.74) is -0.425. The Kier molecular flexibility index (Phi) is 35.0. The molecular formula is C51H105Cl3N4O6. The van der Waals surface area contributed by atoms with Crippen LogP contribution in [0.1, 0.15) is 199 Å². The Bertz CT molecular complexity index is 1060. The van der Waals surface area contributed by atoms with Crippen molar-refractivity contribution < 1.29 is 29.5 Å². The van der Waals surface area contributed by atoms with Gasteiger partial charge in [-0.2, -0.15) is 0 Å². The van der Waals surface area contributed by atoms with Gasteiger partial charge in [-0.15, -0.1) is 34.8 Å². The molecule has 0 aliphatic carbocycles. The number of ether oxygens (including phenoxy) is 3. The molecule has 0 saturated heterocycles. The zero-order valence-corrected chi connectivity index (χ0v) is 45.9. The number of hydrogen-bond acceptors (Lipinski definition) is 10. The third-order valence-corrected chi connectivity index (χ3v) is 13.9. The minimum atomic E-state index is -0.514. The molecule has 0 aromatic rings. The van der Waals surface area contributed by atoms with Gasteiger partial charge in [-0.3, -0.25) is 4.90 Å². The van der Waals surface area contributed by atoms with E-state index in [9.17, 15) is 15.3 Å². The SMILES string of the molecule is CC(C)(CCCCOC(C)(C)CCCCN(C(C)(C)CCCCOC(C)(C)CCCCNCC(O)CCl)C(C)(C)CCCCOC(C)(C)CCCCNCC(O)CCl)NCC(O)CCl. The second kappa shape index (κ2) is 34.7. The number of hydrogen-bond donors (Lipinski definition) is 6. The van der Waals surface area contributed by atoms with Gasteiger partial charge < -0.3 is 45.5 Å². The van der Waals surface area contributed by atoms with Crippen LogP contribution >= 0.6 is 34.8 Å². The molecule has 0 saturated carbocycles. The van der Waals surface area contributed by atoms with E-state index < -0.39 is 18.3 Å². The number of rotatable bonds is 45. The third-order valence-electron chi connectivity index (χ3n) is 12.8. The summed E-state index contributed by atoms with van der Waals surface area (Å²) in [5, 5.41) is 39.1. The lowest BCUT2D eigenvalue weighted by Gasteiger charge is -2.49. The minimum Gasteiger partial charge on any atom is -0.391 e. The summed E-state index contributed by atoms with van der Waals surface area (Å²) < 4.78 is 19.3. The Morgan fingerprint density at radius 2 is 0.750 bits per heavy atom. The van der Waals surface area contributed by atoms with Gasteiger partial charge in [0.25, 0.3) is 0 Å². The highest BCUT2D eigenvalue weighted by Crippen LogP contribution is 2.34. The molecule has 3 atom stereocenters. The van der Waals surface area contributed by atoms with Gasteiger partial charge in [-0.05, 0) is 218 Å². The molecule has 0 aromatic heterocycles. The number of aliphatic hydroxyl groups is 3. The van der Waals surface area contributed by atoms with Gasteiger partial charge in [0.1, 0.15) is 0 Å². The molecule has 3 unspecified atom stereocenters. The van der Waals surface area contributed by atoms with Crippen molar-refractivity contribution in [1.82, 2.24) is 20.9 Å². The van der Waals surface area contributed by atoms with E-state index in [1.54, 1.807) is 0 Å². The quantitative estimate of drug-likeness (QED) is 0.0259. The van der Waals surface area contributed by atoms with Crippen LogP contribution in [0.15, 0.2) is 0 Å². The van der Waals surface area contributed by atoms with Gasteiger partial charge >= 0.3 is 0 Å². The first-order valence-corrected chi connectivity index (χ1v) is 27.0. The summed E-state index contributed by atoms with van der Waals surface area (Å²) in [6, 6.07) is 0. The monoisotopic (exact) mass is 975 g/mol. The van der Waals surface area contributed by atoms with Gasteiger partial charge in [0.05, 0.1) is 35.1 Å². The average molecular weight is 977 g/mol. The van der Waals surface area contributed by atoms with Crippen LogP contribution in [0.3, 0.4) is 0 Å². The summed E-state index contributed by atoms with van der Waals surface area (Å²) >= 11 is 17.2. The Morgan fingerprint density at radius 3 is 1.12 bits per heavy atom. The highest BCUT2D eigenvalue weighted by molar-refractivity contribution is 6.18. The van der Waals surface area contributed by atoms with Gasteiger partial charge in [-0.25, -0.2) is 0 Å². The van der Waals surface area contributed by atoms with E-state index in [2.05, 4.69) is 104 Å². The van der Waals surface area contributed by atoms with Crippen molar-refractivity contribution >= 4 is 34.8 Å². The summed E-state index contributed by atoms with van der Waals surface area (Å²) in [6.45, 7) is 34.2. The number of unbranched alkanes of at least 4 members (excludes halogenated alkanes) is 6. The molecule has 0 radical (unpaired) electrons. The molecule has 10 nitrogen and oxygen atoms in total. The molecule has 0 heterocycles. The fourth-order valence-corrected chi connectivity index (χ4v) is 8.88. The molecule has 13 heteroatoms.